The Hall–Kier alpha value is -0.150. The van der Waals surface area contributed by atoms with E-state index >= 15 is 0 Å². The van der Waals surface area contributed by atoms with Crippen molar-refractivity contribution in [2.24, 2.45) is 5.92 Å². The van der Waals surface area contributed by atoms with E-state index in [2.05, 4.69) is 19.1 Å². The average molecular weight is 405 g/mol. The second kappa shape index (κ2) is 19.2. The van der Waals surface area contributed by atoms with Gasteiger partial charge in [0, 0.05) is 0 Å². The van der Waals surface area contributed by atoms with Gasteiger partial charge >= 0.3 is 7.82 Å². The first-order chi connectivity index (χ1) is 13.0. The lowest BCUT2D eigenvalue weighted by Gasteiger charge is -2.13. The number of hydrogen-bond acceptors (Lipinski definition) is 3. The summed E-state index contributed by atoms with van der Waals surface area (Å²) in [6.07, 6.45) is 22.1. The molecule has 0 aromatic rings. The number of rotatable bonds is 20. The largest absolute Gasteiger partial charge is 0.472 e. The second-order valence-corrected chi connectivity index (χ2v) is 9.38. The molecule has 0 rings (SSSR count). The van der Waals surface area contributed by atoms with Gasteiger partial charge in [-0.3, -0.25) is 9.05 Å². The lowest BCUT2D eigenvalue weighted by Crippen LogP contribution is -2.03. The minimum atomic E-state index is -3.84. The van der Waals surface area contributed by atoms with Crippen LogP contribution in [0.2, 0.25) is 0 Å². The van der Waals surface area contributed by atoms with E-state index in [0.717, 1.165) is 19.3 Å². The van der Waals surface area contributed by atoms with Crippen LogP contribution in [0.25, 0.3) is 0 Å². The van der Waals surface area contributed by atoms with Gasteiger partial charge < -0.3 is 4.89 Å². The third kappa shape index (κ3) is 22.0. The Morgan fingerprint density at radius 3 is 1.78 bits per heavy atom. The first-order valence-corrected chi connectivity index (χ1v) is 12.7. The highest BCUT2D eigenvalue weighted by molar-refractivity contribution is 7.47. The highest BCUT2D eigenvalue weighted by atomic mass is 31.2. The van der Waals surface area contributed by atoms with Crippen molar-refractivity contribution in [1.29, 1.82) is 0 Å². The standard InChI is InChI=1S/C22H45O4P/c1-4-5-6-7-8-9-10-11-12-13-14-15-16-17-18-19-20-25-27(23,24)26-21-22(2)3/h11-12,22H,4-10,13-21H2,1-3H3,(H,23,24)/b12-11-. The van der Waals surface area contributed by atoms with Gasteiger partial charge in [0.25, 0.3) is 0 Å². The van der Waals surface area contributed by atoms with Crippen LogP contribution in [-0.4, -0.2) is 18.1 Å². The summed E-state index contributed by atoms with van der Waals surface area (Å²) in [4.78, 5) is 9.49. The summed E-state index contributed by atoms with van der Waals surface area (Å²) < 4.78 is 21.5. The minimum Gasteiger partial charge on any atom is -0.302 e. The normalized spacial score (nSPS) is 14.3. The molecule has 0 aromatic carbocycles. The number of phosphoric acid groups is 1. The summed E-state index contributed by atoms with van der Waals surface area (Å²) in [6.45, 7) is 6.68. The molecule has 0 aliphatic carbocycles. The molecule has 0 saturated heterocycles. The molecule has 0 saturated carbocycles. The molecule has 5 heteroatoms. The van der Waals surface area contributed by atoms with E-state index in [-0.39, 0.29) is 12.5 Å². The molecule has 1 atom stereocenters. The van der Waals surface area contributed by atoms with Crippen molar-refractivity contribution in [2.75, 3.05) is 13.2 Å². The van der Waals surface area contributed by atoms with Crippen LogP contribution in [0.3, 0.4) is 0 Å². The van der Waals surface area contributed by atoms with Crippen LogP contribution in [0.1, 0.15) is 111 Å². The second-order valence-electron chi connectivity index (χ2n) is 7.93. The number of phosphoric ester groups is 1. The van der Waals surface area contributed by atoms with Crippen molar-refractivity contribution >= 4 is 7.82 Å². The Morgan fingerprint density at radius 2 is 1.26 bits per heavy atom. The van der Waals surface area contributed by atoms with E-state index in [1.54, 1.807) is 0 Å². The Morgan fingerprint density at radius 1 is 0.778 bits per heavy atom. The number of unbranched alkanes of at least 4 members (excludes halogenated alkanes) is 12. The molecular weight excluding hydrogens is 359 g/mol. The lowest BCUT2D eigenvalue weighted by atomic mass is 10.1. The molecule has 0 aliphatic rings. The molecule has 162 valence electrons. The first-order valence-electron chi connectivity index (χ1n) is 11.2. The Labute approximate surface area is 168 Å². The van der Waals surface area contributed by atoms with Gasteiger partial charge in [-0.15, -0.1) is 0 Å². The fraction of sp³-hybridized carbons (Fsp3) is 0.909. The minimum absolute atomic E-state index is 0.222. The molecule has 1 unspecified atom stereocenters. The highest BCUT2D eigenvalue weighted by Crippen LogP contribution is 2.43. The van der Waals surface area contributed by atoms with Gasteiger partial charge in [0.2, 0.25) is 0 Å². The van der Waals surface area contributed by atoms with Crippen LogP contribution in [0, 0.1) is 5.92 Å². The third-order valence-electron chi connectivity index (χ3n) is 4.48. The molecule has 0 radical (unpaired) electrons. The Kier molecular flexibility index (Phi) is 19.1. The van der Waals surface area contributed by atoms with Crippen molar-refractivity contribution in [1.82, 2.24) is 0 Å². The molecular formula is C22H45O4P. The Balaban J connectivity index is 3.29. The monoisotopic (exact) mass is 404 g/mol. The summed E-state index contributed by atoms with van der Waals surface area (Å²) in [5.41, 5.74) is 0. The quantitative estimate of drug-likeness (QED) is 0.128. The van der Waals surface area contributed by atoms with Gasteiger partial charge in [-0.05, 0) is 38.0 Å². The third-order valence-corrected chi connectivity index (χ3v) is 5.47. The van der Waals surface area contributed by atoms with E-state index in [4.69, 9.17) is 9.05 Å². The molecule has 0 spiro atoms. The van der Waals surface area contributed by atoms with E-state index in [1.807, 2.05) is 13.8 Å². The zero-order chi connectivity index (χ0) is 20.2. The molecule has 0 aromatic heterocycles. The van der Waals surface area contributed by atoms with Crippen LogP contribution in [0.15, 0.2) is 12.2 Å². The van der Waals surface area contributed by atoms with E-state index < -0.39 is 7.82 Å². The van der Waals surface area contributed by atoms with Crippen molar-refractivity contribution < 1.29 is 18.5 Å². The van der Waals surface area contributed by atoms with Crippen molar-refractivity contribution in [3.05, 3.63) is 12.2 Å². The van der Waals surface area contributed by atoms with Crippen molar-refractivity contribution in [3.8, 4) is 0 Å². The average Bonchev–Trinajstić information content (AvgIpc) is 2.62. The van der Waals surface area contributed by atoms with Gasteiger partial charge in [0.15, 0.2) is 0 Å². The summed E-state index contributed by atoms with van der Waals surface area (Å²) in [6, 6.07) is 0. The first kappa shape index (κ1) is 26.9. The predicted molar refractivity (Wildman–Crippen MR) is 116 cm³/mol. The van der Waals surface area contributed by atoms with Gasteiger partial charge in [-0.1, -0.05) is 90.7 Å². The zero-order valence-corrected chi connectivity index (χ0v) is 19.1. The van der Waals surface area contributed by atoms with E-state index in [1.165, 1.54) is 70.6 Å². The van der Waals surface area contributed by atoms with Gasteiger partial charge in [-0.2, -0.15) is 0 Å². The summed E-state index contributed by atoms with van der Waals surface area (Å²) >= 11 is 0. The van der Waals surface area contributed by atoms with Crippen LogP contribution in [0.4, 0.5) is 0 Å². The molecule has 0 heterocycles. The van der Waals surface area contributed by atoms with Crippen molar-refractivity contribution in [2.45, 2.75) is 111 Å². The molecule has 0 bridgehead atoms. The van der Waals surface area contributed by atoms with Crippen LogP contribution >= 0.6 is 7.82 Å². The smallest absolute Gasteiger partial charge is 0.302 e. The Bertz CT molecular complexity index is 383. The molecule has 0 fully saturated rings. The molecule has 27 heavy (non-hydrogen) atoms. The SMILES string of the molecule is CCCCCCCC/C=C\CCCCCCCCOP(=O)(O)OCC(C)C. The summed E-state index contributed by atoms with van der Waals surface area (Å²) in [5.74, 6) is 0.222. The summed E-state index contributed by atoms with van der Waals surface area (Å²) in [7, 11) is -3.84. The maximum atomic E-state index is 11.6. The maximum Gasteiger partial charge on any atom is 0.472 e. The van der Waals surface area contributed by atoms with Crippen LogP contribution in [0.5, 0.6) is 0 Å². The number of hydrogen-bond donors (Lipinski definition) is 1. The highest BCUT2D eigenvalue weighted by Gasteiger charge is 2.20. The van der Waals surface area contributed by atoms with Gasteiger partial charge in [0.05, 0.1) is 13.2 Å². The van der Waals surface area contributed by atoms with Crippen LogP contribution in [-0.2, 0) is 13.6 Å². The molecule has 0 aliphatic heterocycles. The van der Waals surface area contributed by atoms with Crippen molar-refractivity contribution in [3.63, 3.8) is 0 Å². The van der Waals surface area contributed by atoms with Crippen LogP contribution < -0.4 is 0 Å². The van der Waals surface area contributed by atoms with Gasteiger partial charge in [0.1, 0.15) is 0 Å². The summed E-state index contributed by atoms with van der Waals surface area (Å²) in [5, 5.41) is 0. The van der Waals surface area contributed by atoms with Gasteiger partial charge in [-0.25, -0.2) is 4.57 Å². The lowest BCUT2D eigenvalue weighted by molar-refractivity contribution is 0.135. The molecule has 0 amide bonds. The molecule has 1 N–H and O–H groups in total. The fourth-order valence-corrected chi connectivity index (χ4v) is 3.73. The van der Waals surface area contributed by atoms with E-state index in [0.29, 0.717) is 6.61 Å². The molecule has 4 nitrogen and oxygen atoms in total. The fourth-order valence-electron chi connectivity index (χ4n) is 2.81. The predicted octanol–water partition coefficient (Wildman–Crippen LogP) is 7.81. The van der Waals surface area contributed by atoms with E-state index in [9.17, 15) is 9.46 Å². The topological polar surface area (TPSA) is 55.8 Å². The maximum absolute atomic E-state index is 11.6. The zero-order valence-electron chi connectivity index (χ0n) is 18.2. The number of allylic oxidation sites excluding steroid dienone is 2.